The molecule has 1 aromatic carbocycles. The van der Waals surface area contributed by atoms with Gasteiger partial charge in [-0.2, -0.15) is 0 Å². The largest absolute Gasteiger partial charge is 0.465 e. The van der Waals surface area contributed by atoms with E-state index in [2.05, 4.69) is 0 Å². The van der Waals surface area contributed by atoms with Gasteiger partial charge < -0.3 is 10.5 Å². The highest BCUT2D eigenvalue weighted by Gasteiger charge is 2.19. The molecule has 2 N–H and O–H groups in total. The van der Waals surface area contributed by atoms with Crippen LogP contribution in [-0.4, -0.2) is 18.6 Å². The van der Waals surface area contributed by atoms with Crippen molar-refractivity contribution in [2.75, 3.05) is 6.61 Å². The second-order valence-corrected chi connectivity index (χ2v) is 5.05. The van der Waals surface area contributed by atoms with Crippen molar-refractivity contribution >= 4 is 5.97 Å². The third kappa shape index (κ3) is 3.84. The molecule has 1 saturated carbocycles. The Labute approximate surface area is 108 Å². The molecule has 0 heterocycles. The Kier molecular flexibility index (Phi) is 4.76. The Morgan fingerprint density at radius 3 is 2.67 bits per heavy atom. The lowest BCUT2D eigenvalue weighted by atomic mass is 9.83. The molecular formula is C15H21NO2. The number of carbonyl (C=O) groups is 1. The SMILES string of the molecule is NC(Cc1ccccc1)C(=O)OCCC1CCC1. The van der Waals surface area contributed by atoms with Gasteiger partial charge in [-0.3, -0.25) is 4.79 Å². The van der Waals surface area contributed by atoms with Crippen molar-refractivity contribution in [3.63, 3.8) is 0 Å². The van der Waals surface area contributed by atoms with Crippen LogP contribution in [0.2, 0.25) is 0 Å². The zero-order valence-electron chi connectivity index (χ0n) is 10.7. The minimum Gasteiger partial charge on any atom is -0.465 e. The molecule has 3 heteroatoms. The van der Waals surface area contributed by atoms with Crippen LogP contribution in [0.4, 0.5) is 0 Å². The van der Waals surface area contributed by atoms with Crippen LogP contribution in [-0.2, 0) is 16.0 Å². The van der Waals surface area contributed by atoms with E-state index in [1.54, 1.807) is 0 Å². The summed E-state index contributed by atoms with van der Waals surface area (Å²) in [4.78, 5) is 11.7. The fraction of sp³-hybridized carbons (Fsp3) is 0.533. The highest BCUT2D eigenvalue weighted by atomic mass is 16.5. The van der Waals surface area contributed by atoms with Gasteiger partial charge >= 0.3 is 5.97 Å². The van der Waals surface area contributed by atoms with Crippen LogP contribution in [0.1, 0.15) is 31.2 Å². The Balaban J connectivity index is 1.67. The van der Waals surface area contributed by atoms with Gasteiger partial charge in [0.15, 0.2) is 0 Å². The van der Waals surface area contributed by atoms with Gasteiger partial charge in [0.2, 0.25) is 0 Å². The number of esters is 1. The van der Waals surface area contributed by atoms with E-state index in [-0.39, 0.29) is 5.97 Å². The zero-order chi connectivity index (χ0) is 12.8. The van der Waals surface area contributed by atoms with Crippen LogP contribution >= 0.6 is 0 Å². The molecule has 0 aliphatic heterocycles. The molecular weight excluding hydrogens is 226 g/mol. The first-order valence-corrected chi connectivity index (χ1v) is 6.72. The molecule has 2 rings (SSSR count). The standard InChI is InChI=1S/C15H21NO2/c16-14(11-13-5-2-1-3-6-13)15(17)18-10-9-12-7-4-8-12/h1-3,5-6,12,14H,4,7-11,16H2. The highest BCUT2D eigenvalue weighted by molar-refractivity contribution is 5.75. The third-order valence-electron chi connectivity index (χ3n) is 3.60. The first-order chi connectivity index (χ1) is 8.75. The molecule has 0 amide bonds. The van der Waals surface area contributed by atoms with Crippen LogP contribution in [0.25, 0.3) is 0 Å². The van der Waals surface area contributed by atoms with Crippen molar-refractivity contribution in [2.24, 2.45) is 11.7 Å². The van der Waals surface area contributed by atoms with Gasteiger partial charge in [-0.05, 0) is 24.3 Å². The second kappa shape index (κ2) is 6.55. The molecule has 0 saturated heterocycles. The third-order valence-corrected chi connectivity index (χ3v) is 3.60. The van der Waals surface area contributed by atoms with E-state index in [0.717, 1.165) is 17.9 Å². The van der Waals surface area contributed by atoms with Gasteiger partial charge in [-0.25, -0.2) is 0 Å². The molecule has 1 fully saturated rings. The lowest BCUT2D eigenvalue weighted by molar-refractivity contribution is -0.145. The van der Waals surface area contributed by atoms with Crippen LogP contribution in [0.5, 0.6) is 0 Å². The molecule has 1 aliphatic rings. The monoisotopic (exact) mass is 247 g/mol. The average Bonchev–Trinajstić information content (AvgIpc) is 2.33. The van der Waals surface area contributed by atoms with Crippen molar-refractivity contribution in [2.45, 2.75) is 38.1 Å². The number of carbonyl (C=O) groups excluding carboxylic acids is 1. The molecule has 3 nitrogen and oxygen atoms in total. The smallest absolute Gasteiger partial charge is 0.323 e. The quantitative estimate of drug-likeness (QED) is 0.785. The number of nitrogens with two attached hydrogens (primary N) is 1. The maximum absolute atomic E-state index is 11.7. The minimum atomic E-state index is -0.547. The summed E-state index contributed by atoms with van der Waals surface area (Å²) in [5, 5.41) is 0. The summed E-state index contributed by atoms with van der Waals surface area (Å²) in [5.74, 6) is 0.487. The Bertz CT molecular complexity index is 373. The van der Waals surface area contributed by atoms with E-state index >= 15 is 0 Å². The van der Waals surface area contributed by atoms with Crippen molar-refractivity contribution in [1.82, 2.24) is 0 Å². The van der Waals surface area contributed by atoms with Crippen LogP contribution in [0, 0.1) is 5.92 Å². The molecule has 0 spiro atoms. The summed E-state index contributed by atoms with van der Waals surface area (Å²) in [5.41, 5.74) is 6.91. The summed E-state index contributed by atoms with van der Waals surface area (Å²) < 4.78 is 5.22. The topological polar surface area (TPSA) is 52.3 Å². The lowest BCUT2D eigenvalue weighted by Gasteiger charge is -2.25. The maximum Gasteiger partial charge on any atom is 0.323 e. The predicted octanol–water partition coefficient (Wildman–Crippen LogP) is 2.29. The lowest BCUT2D eigenvalue weighted by Crippen LogP contribution is -2.34. The Morgan fingerprint density at radius 1 is 1.33 bits per heavy atom. The van der Waals surface area contributed by atoms with Crippen molar-refractivity contribution < 1.29 is 9.53 Å². The van der Waals surface area contributed by atoms with E-state index in [1.807, 2.05) is 30.3 Å². The fourth-order valence-corrected chi connectivity index (χ4v) is 2.17. The van der Waals surface area contributed by atoms with Crippen LogP contribution < -0.4 is 5.73 Å². The number of hydrogen-bond acceptors (Lipinski definition) is 3. The summed E-state index contributed by atoms with van der Waals surface area (Å²) in [7, 11) is 0. The van der Waals surface area contributed by atoms with Gasteiger partial charge in [-0.1, -0.05) is 49.6 Å². The molecule has 1 aliphatic carbocycles. The van der Waals surface area contributed by atoms with Gasteiger partial charge in [-0.15, -0.1) is 0 Å². The first-order valence-electron chi connectivity index (χ1n) is 6.72. The molecule has 18 heavy (non-hydrogen) atoms. The number of rotatable bonds is 6. The Morgan fingerprint density at radius 2 is 2.06 bits per heavy atom. The van der Waals surface area contributed by atoms with Crippen molar-refractivity contribution in [3.05, 3.63) is 35.9 Å². The van der Waals surface area contributed by atoms with E-state index in [1.165, 1.54) is 19.3 Å². The molecule has 0 bridgehead atoms. The van der Waals surface area contributed by atoms with E-state index in [0.29, 0.717) is 13.0 Å². The molecule has 0 aromatic heterocycles. The summed E-state index contributed by atoms with van der Waals surface area (Å²) in [6, 6.07) is 9.25. The average molecular weight is 247 g/mol. The predicted molar refractivity (Wildman–Crippen MR) is 71.0 cm³/mol. The molecule has 1 aromatic rings. The van der Waals surface area contributed by atoms with Gasteiger partial charge in [0.1, 0.15) is 6.04 Å². The van der Waals surface area contributed by atoms with Crippen LogP contribution in [0.15, 0.2) is 30.3 Å². The number of hydrogen-bond donors (Lipinski definition) is 1. The van der Waals surface area contributed by atoms with Gasteiger partial charge in [0.25, 0.3) is 0 Å². The molecule has 1 atom stereocenters. The molecule has 1 unspecified atom stereocenters. The second-order valence-electron chi connectivity index (χ2n) is 5.05. The van der Waals surface area contributed by atoms with Crippen LogP contribution in [0.3, 0.4) is 0 Å². The molecule has 98 valence electrons. The first kappa shape index (κ1) is 13.1. The van der Waals surface area contributed by atoms with Crippen molar-refractivity contribution in [3.8, 4) is 0 Å². The zero-order valence-corrected chi connectivity index (χ0v) is 10.7. The normalized spacial score (nSPS) is 16.9. The van der Waals surface area contributed by atoms with Gasteiger partial charge in [0.05, 0.1) is 6.61 Å². The van der Waals surface area contributed by atoms with E-state index < -0.39 is 6.04 Å². The molecule has 0 radical (unpaired) electrons. The maximum atomic E-state index is 11.7. The summed E-state index contributed by atoms with van der Waals surface area (Å²) in [6.07, 6.45) is 5.43. The van der Waals surface area contributed by atoms with E-state index in [9.17, 15) is 4.79 Å². The number of benzene rings is 1. The fourth-order valence-electron chi connectivity index (χ4n) is 2.17. The highest BCUT2D eigenvalue weighted by Crippen LogP contribution is 2.29. The number of ether oxygens (including phenoxy) is 1. The van der Waals surface area contributed by atoms with E-state index in [4.69, 9.17) is 10.5 Å². The summed E-state index contributed by atoms with van der Waals surface area (Å²) in [6.45, 7) is 0.520. The minimum absolute atomic E-state index is 0.279. The van der Waals surface area contributed by atoms with Gasteiger partial charge in [0, 0.05) is 0 Å². The summed E-state index contributed by atoms with van der Waals surface area (Å²) >= 11 is 0. The van der Waals surface area contributed by atoms with Crippen molar-refractivity contribution in [1.29, 1.82) is 0 Å². The Hall–Kier alpha value is -1.35.